The zero-order valence-corrected chi connectivity index (χ0v) is 14.3. The fraction of sp³-hybridized carbons (Fsp3) is 0.562. The molecular weight excluding hydrogens is 307 g/mol. The summed E-state index contributed by atoms with van der Waals surface area (Å²) in [6.45, 7) is 7.13. The number of hydrogen-bond donors (Lipinski definition) is 0. The van der Waals surface area contributed by atoms with Crippen LogP contribution >= 0.6 is 23.2 Å². The predicted octanol–water partition coefficient (Wildman–Crippen LogP) is 3.59. The minimum Gasteiger partial charge on any atom is -0.305 e. The van der Waals surface area contributed by atoms with Crippen LogP contribution in [0.15, 0.2) is 18.2 Å². The number of benzene rings is 1. The lowest BCUT2D eigenvalue weighted by molar-refractivity contribution is 0.0778. The van der Waals surface area contributed by atoms with E-state index in [1.807, 2.05) is 6.92 Å². The van der Waals surface area contributed by atoms with E-state index in [0.29, 0.717) is 21.7 Å². The topological polar surface area (TPSA) is 23.6 Å². The quantitative estimate of drug-likeness (QED) is 0.792. The van der Waals surface area contributed by atoms with Crippen LogP contribution in [0.3, 0.4) is 0 Å². The molecule has 0 spiro atoms. The van der Waals surface area contributed by atoms with Gasteiger partial charge in [-0.15, -0.1) is 0 Å². The van der Waals surface area contributed by atoms with Gasteiger partial charge in [0.1, 0.15) is 0 Å². The first-order valence-corrected chi connectivity index (χ1v) is 8.09. The molecular formula is C16H22Cl2N2O. The lowest BCUT2D eigenvalue weighted by Crippen LogP contribution is -2.46. The van der Waals surface area contributed by atoms with Gasteiger partial charge in [-0.25, -0.2) is 0 Å². The third-order valence-electron chi connectivity index (χ3n) is 4.17. The van der Waals surface area contributed by atoms with Crippen LogP contribution in [0.4, 0.5) is 0 Å². The molecule has 1 heterocycles. The summed E-state index contributed by atoms with van der Waals surface area (Å²) in [4.78, 5) is 17.3. The lowest BCUT2D eigenvalue weighted by Gasteiger charge is -2.32. The van der Waals surface area contributed by atoms with E-state index in [1.54, 1.807) is 18.2 Å². The Morgan fingerprint density at radius 1 is 1.33 bits per heavy atom. The Balaban J connectivity index is 2.18. The second-order valence-electron chi connectivity index (χ2n) is 5.87. The molecule has 0 aliphatic carbocycles. The van der Waals surface area contributed by atoms with E-state index in [4.69, 9.17) is 23.2 Å². The molecule has 21 heavy (non-hydrogen) atoms. The molecule has 1 aromatic carbocycles. The fourth-order valence-corrected chi connectivity index (χ4v) is 3.53. The van der Waals surface area contributed by atoms with E-state index in [-0.39, 0.29) is 11.8 Å². The molecule has 1 aliphatic heterocycles. The standard InChI is InChI=1S/C16H22Cl2N2O/c1-11-10-19(3)7-4-8-20(11)12(2)16(21)14-6-5-13(17)9-15(14)18/h5-6,9,11-12H,4,7-8,10H2,1-3H3. The Bertz CT molecular complexity index is 521. The van der Waals surface area contributed by atoms with Crippen molar-refractivity contribution in [3.63, 3.8) is 0 Å². The average molecular weight is 329 g/mol. The van der Waals surface area contributed by atoms with Gasteiger partial charge in [0, 0.05) is 29.7 Å². The second kappa shape index (κ2) is 7.10. The van der Waals surface area contributed by atoms with Gasteiger partial charge in [-0.3, -0.25) is 9.69 Å². The minimum absolute atomic E-state index is 0.0630. The zero-order chi connectivity index (χ0) is 15.6. The van der Waals surface area contributed by atoms with E-state index >= 15 is 0 Å². The van der Waals surface area contributed by atoms with Gasteiger partial charge in [-0.1, -0.05) is 23.2 Å². The van der Waals surface area contributed by atoms with Crippen LogP contribution in [0, 0.1) is 0 Å². The Morgan fingerprint density at radius 2 is 2.05 bits per heavy atom. The molecule has 0 amide bonds. The van der Waals surface area contributed by atoms with E-state index in [9.17, 15) is 4.79 Å². The summed E-state index contributed by atoms with van der Waals surface area (Å²) in [5.74, 6) is 0.0630. The summed E-state index contributed by atoms with van der Waals surface area (Å²) in [6.07, 6.45) is 1.08. The van der Waals surface area contributed by atoms with Gasteiger partial charge in [0.05, 0.1) is 11.1 Å². The molecule has 5 heteroatoms. The maximum absolute atomic E-state index is 12.7. The van der Waals surface area contributed by atoms with Crippen LogP contribution in [0.1, 0.15) is 30.6 Å². The highest BCUT2D eigenvalue weighted by Crippen LogP contribution is 2.24. The van der Waals surface area contributed by atoms with Gasteiger partial charge >= 0.3 is 0 Å². The molecule has 1 aliphatic rings. The molecule has 0 radical (unpaired) electrons. The van der Waals surface area contributed by atoms with Crippen LogP contribution in [0.2, 0.25) is 10.0 Å². The second-order valence-corrected chi connectivity index (χ2v) is 6.71. The molecule has 0 saturated carbocycles. The van der Waals surface area contributed by atoms with Crippen molar-refractivity contribution in [3.05, 3.63) is 33.8 Å². The van der Waals surface area contributed by atoms with Crippen LogP contribution in [-0.2, 0) is 0 Å². The van der Waals surface area contributed by atoms with Crippen molar-refractivity contribution in [2.24, 2.45) is 0 Å². The maximum atomic E-state index is 12.7. The number of nitrogens with zero attached hydrogens (tertiary/aromatic N) is 2. The van der Waals surface area contributed by atoms with Crippen molar-refractivity contribution in [2.75, 3.05) is 26.7 Å². The first-order chi connectivity index (χ1) is 9.90. The first kappa shape index (κ1) is 16.8. The predicted molar refractivity (Wildman–Crippen MR) is 88.5 cm³/mol. The lowest BCUT2D eigenvalue weighted by atomic mass is 10.0. The summed E-state index contributed by atoms with van der Waals surface area (Å²) in [7, 11) is 2.13. The number of likely N-dealkylation sites (N-methyl/N-ethyl adjacent to an activating group) is 1. The van der Waals surface area contributed by atoms with Gasteiger partial charge in [-0.2, -0.15) is 0 Å². The van der Waals surface area contributed by atoms with Crippen molar-refractivity contribution < 1.29 is 4.79 Å². The maximum Gasteiger partial charge on any atom is 0.181 e. The molecule has 2 rings (SSSR count). The van der Waals surface area contributed by atoms with E-state index in [1.165, 1.54) is 0 Å². The van der Waals surface area contributed by atoms with Gasteiger partial charge in [0.25, 0.3) is 0 Å². The van der Waals surface area contributed by atoms with Crippen molar-refractivity contribution in [1.82, 2.24) is 9.80 Å². The molecule has 2 unspecified atom stereocenters. The zero-order valence-electron chi connectivity index (χ0n) is 12.8. The van der Waals surface area contributed by atoms with Crippen LogP contribution in [-0.4, -0.2) is 54.3 Å². The monoisotopic (exact) mass is 328 g/mol. The number of ketones is 1. The van der Waals surface area contributed by atoms with Gasteiger partial charge in [-0.05, 0) is 52.1 Å². The smallest absolute Gasteiger partial charge is 0.181 e. The Kier molecular flexibility index (Phi) is 5.67. The molecule has 0 N–H and O–H groups in total. The number of rotatable bonds is 3. The summed E-state index contributed by atoms with van der Waals surface area (Å²) in [6, 6.07) is 5.24. The first-order valence-electron chi connectivity index (χ1n) is 7.33. The van der Waals surface area contributed by atoms with Gasteiger partial charge in [0.15, 0.2) is 5.78 Å². The third kappa shape index (κ3) is 3.98. The van der Waals surface area contributed by atoms with Crippen LogP contribution in [0.5, 0.6) is 0 Å². The molecule has 3 nitrogen and oxygen atoms in total. The SMILES string of the molecule is CC1CN(C)CCCN1C(C)C(=O)c1ccc(Cl)cc1Cl. The summed E-state index contributed by atoms with van der Waals surface area (Å²) in [5.41, 5.74) is 0.554. The highest BCUT2D eigenvalue weighted by molar-refractivity contribution is 6.37. The molecule has 1 fully saturated rings. The molecule has 2 atom stereocenters. The van der Waals surface area contributed by atoms with Crippen molar-refractivity contribution >= 4 is 29.0 Å². The molecule has 0 bridgehead atoms. The van der Waals surface area contributed by atoms with Crippen molar-refractivity contribution in [3.8, 4) is 0 Å². The Hall–Kier alpha value is -0.610. The Morgan fingerprint density at radius 3 is 2.71 bits per heavy atom. The number of hydrogen-bond acceptors (Lipinski definition) is 3. The largest absolute Gasteiger partial charge is 0.305 e. The van der Waals surface area contributed by atoms with E-state index in [2.05, 4.69) is 23.8 Å². The molecule has 1 saturated heterocycles. The number of halogens is 2. The number of carbonyl (C=O) groups excluding carboxylic acids is 1. The highest BCUT2D eigenvalue weighted by Gasteiger charge is 2.29. The van der Waals surface area contributed by atoms with E-state index < -0.39 is 0 Å². The van der Waals surface area contributed by atoms with E-state index in [0.717, 1.165) is 26.1 Å². The Labute approximate surface area is 136 Å². The van der Waals surface area contributed by atoms with Gasteiger partial charge < -0.3 is 4.90 Å². The number of carbonyl (C=O) groups is 1. The van der Waals surface area contributed by atoms with Crippen LogP contribution < -0.4 is 0 Å². The molecule has 1 aromatic rings. The van der Waals surface area contributed by atoms with Crippen molar-refractivity contribution in [1.29, 1.82) is 0 Å². The highest BCUT2D eigenvalue weighted by atomic mass is 35.5. The minimum atomic E-state index is -0.176. The summed E-state index contributed by atoms with van der Waals surface area (Å²) < 4.78 is 0. The summed E-state index contributed by atoms with van der Waals surface area (Å²) in [5, 5.41) is 0.980. The van der Waals surface area contributed by atoms with Crippen LogP contribution in [0.25, 0.3) is 0 Å². The molecule has 0 aromatic heterocycles. The van der Waals surface area contributed by atoms with Gasteiger partial charge in [0.2, 0.25) is 0 Å². The molecule has 116 valence electrons. The normalized spacial score (nSPS) is 22.8. The summed E-state index contributed by atoms with van der Waals surface area (Å²) >= 11 is 12.1. The van der Waals surface area contributed by atoms with Crippen molar-refractivity contribution in [2.45, 2.75) is 32.4 Å². The average Bonchev–Trinajstić information content (AvgIpc) is 2.58. The fourth-order valence-electron chi connectivity index (χ4n) is 3.03. The number of Topliss-reactive ketones (excluding diaryl/α,β-unsaturated/α-hetero) is 1. The third-order valence-corrected chi connectivity index (χ3v) is 4.72.